The maximum absolute atomic E-state index is 13.8. The van der Waals surface area contributed by atoms with Gasteiger partial charge >= 0.3 is 0 Å². The maximum Gasteiger partial charge on any atom is 0.292 e. The van der Waals surface area contributed by atoms with Crippen LogP contribution in [0.25, 0.3) is 0 Å². The van der Waals surface area contributed by atoms with E-state index in [9.17, 15) is 52.7 Å². The molecule has 0 radical (unpaired) electrons. The van der Waals surface area contributed by atoms with Gasteiger partial charge in [-0.2, -0.15) is 0 Å². The van der Waals surface area contributed by atoms with Crippen molar-refractivity contribution in [2.75, 3.05) is 79.1 Å². The van der Waals surface area contributed by atoms with E-state index in [1.54, 1.807) is 56.5 Å². The number of amidine groups is 1. The number of thioether (sulfide) groups is 1. The summed E-state index contributed by atoms with van der Waals surface area (Å²) >= 11 is 7.46. The number of anilines is 5. The number of ether oxygens (including phenoxy) is 1. The first-order valence-electron chi connectivity index (χ1n) is 33.8. The maximum atomic E-state index is 13.8. The minimum atomic E-state index is -0.721. The number of halogens is 1. The number of aromatic nitrogens is 12. The van der Waals surface area contributed by atoms with Gasteiger partial charge in [-0.05, 0) is 91.4 Å². The molecule has 1 aromatic carbocycles. The standard InChI is InChI=1S/C66H79ClN24O12S/c1-85-22-18-69-51(85)61(100)82-44-33-86(2)53(79-44)59(98)71-16-12-48(93)75-42-32-90(6)56(78-42)63(102)84-46-35-88(4)54(81-46)60(99)72-17-13-49(94)76-43-31-89(5)55(77-43)62(101)83-45-34-87(3)52(80-45)58(97)70-15-11-47(92)68-19-23-103-24-20-73-57(96)41-27-50(95)91(64(104-41)74-40-9-7-39(67)8-10-40)21-14-65-29-37-25-36-26-38(30-65)66(37,65)28-36/h7-10,18,22,31-38,41H,11-17,19-21,23-30H2,1-6H3,(H,68,92)(H,70,97)(H,71,98)(H,72,99)(H,73,96)(H,75,93)(H,76,94)(H,82,100)(H,83,101)(H,84,102). The lowest BCUT2D eigenvalue weighted by Gasteiger charge is -2.75. The van der Waals surface area contributed by atoms with Gasteiger partial charge in [0.25, 0.3) is 35.4 Å². The lowest BCUT2D eigenvalue weighted by Crippen LogP contribution is -2.68. The van der Waals surface area contributed by atoms with Crippen LogP contribution in [0.4, 0.5) is 34.8 Å². The third-order valence-electron chi connectivity index (χ3n) is 19.6. The predicted octanol–water partition coefficient (Wildman–Crippen LogP) is 2.62. The molecule has 4 saturated carbocycles. The smallest absolute Gasteiger partial charge is 0.292 e. The first-order chi connectivity index (χ1) is 49.8. The number of hydrogen-bond donors (Lipinski definition) is 10. The van der Waals surface area contributed by atoms with Gasteiger partial charge < -0.3 is 85.3 Å². The third-order valence-corrected chi connectivity index (χ3v) is 21.0. The number of carbonyl (C=O) groups excluding carboxylic acids is 11. The lowest BCUT2D eigenvalue weighted by atomic mass is 9.29. The molecule has 1 spiro atoms. The van der Waals surface area contributed by atoms with Gasteiger partial charge in [-0.15, -0.1) is 0 Å². The Morgan fingerprint density at radius 2 is 0.962 bits per heavy atom. The van der Waals surface area contributed by atoms with Crippen LogP contribution >= 0.6 is 23.4 Å². The van der Waals surface area contributed by atoms with Crippen molar-refractivity contribution < 1.29 is 57.5 Å². The van der Waals surface area contributed by atoms with E-state index in [-0.39, 0.29) is 153 Å². The van der Waals surface area contributed by atoms with E-state index in [1.165, 1.54) is 130 Å². The number of amides is 11. The van der Waals surface area contributed by atoms with E-state index in [2.05, 4.69) is 83.1 Å². The van der Waals surface area contributed by atoms with E-state index < -0.39 is 52.5 Å². The van der Waals surface area contributed by atoms with Crippen LogP contribution in [0.15, 0.2) is 72.6 Å². The zero-order chi connectivity index (χ0) is 73.7. The number of nitrogens with zero attached hydrogens (tertiary/aromatic N) is 14. The molecule has 5 aliphatic rings. The summed E-state index contributed by atoms with van der Waals surface area (Å²) in [5, 5.41) is 26.8. The first kappa shape index (κ1) is 72.7. The second kappa shape index (κ2) is 30.9. The molecule has 1 aliphatic heterocycles. The molecular formula is C66H79ClN24O12S. The fourth-order valence-electron chi connectivity index (χ4n) is 15.0. The van der Waals surface area contributed by atoms with Gasteiger partial charge in [0, 0.05) is 156 Å². The SMILES string of the molecule is Cn1cc(NC(=O)c2nccn2C)nc1C(=O)NCCC(=O)Nc1cn(C)c(C(=O)Nc2cn(C)c(C(=O)NCCC(=O)Nc3cn(C)c(C(=O)Nc4cn(C)c(C(=O)NCCC(=O)NCCOCCNC(=O)C5CC(=O)N(CCC67CC8CC9CC(C6)C87C9)C(=Nc6ccc(Cl)cc6)S5)n4)n3)n2)n1. The van der Waals surface area contributed by atoms with Gasteiger partial charge in [0.2, 0.25) is 58.7 Å². The molecule has 11 amide bonds. The molecule has 2 bridgehead atoms. The van der Waals surface area contributed by atoms with Crippen LogP contribution in [0, 0.1) is 28.6 Å². The molecule has 104 heavy (non-hydrogen) atoms. The van der Waals surface area contributed by atoms with Crippen LogP contribution in [0.1, 0.15) is 128 Å². The fraction of sp³-hybridized carbons (Fsp3) is 0.455. The highest BCUT2D eigenvalue weighted by Gasteiger charge is 2.80. The number of benzene rings is 1. The van der Waals surface area contributed by atoms with Crippen molar-refractivity contribution in [2.24, 2.45) is 75.9 Å². The third kappa shape index (κ3) is 15.9. The Morgan fingerprint density at radius 1 is 0.529 bits per heavy atom. The number of aliphatic imine (C=N–C) groups is 1. The summed E-state index contributed by atoms with van der Waals surface area (Å²) in [7, 11) is 9.34. The van der Waals surface area contributed by atoms with Gasteiger partial charge in [0.1, 0.15) is 0 Å². The van der Waals surface area contributed by atoms with Crippen molar-refractivity contribution in [1.82, 2.24) is 88.8 Å². The summed E-state index contributed by atoms with van der Waals surface area (Å²) in [4.78, 5) is 176. The molecule has 12 rings (SSSR count). The van der Waals surface area contributed by atoms with Gasteiger partial charge in [-0.25, -0.2) is 34.9 Å². The lowest BCUT2D eigenvalue weighted by molar-refractivity contribution is -0.264. The summed E-state index contributed by atoms with van der Waals surface area (Å²) in [6.45, 7) is 1.01. The van der Waals surface area contributed by atoms with Gasteiger partial charge in [0.15, 0.2) is 40.1 Å². The second-order valence-corrected chi connectivity index (χ2v) is 28.1. The van der Waals surface area contributed by atoms with E-state index in [1.807, 2.05) is 0 Å². The molecule has 4 aliphatic carbocycles. The topological polar surface area (TPSA) is 440 Å². The van der Waals surface area contributed by atoms with Crippen LogP contribution in [0.3, 0.4) is 0 Å². The number of hydrogen-bond acceptors (Lipinski definition) is 20. The Balaban J connectivity index is 0.505. The van der Waals surface area contributed by atoms with Crippen molar-refractivity contribution in [3.63, 3.8) is 0 Å². The molecule has 10 N–H and O–H groups in total. The molecular weight excluding hydrogens is 1390 g/mol. The Bertz CT molecular complexity index is 4550. The highest BCUT2D eigenvalue weighted by Crippen LogP contribution is 2.87. The molecule has 3 atom stereocenters. The van der Waals surface area contributed by atoms with Crippen LogP contribution in [-0.2, 0) is 71.0 Å². The van der Waals surface area contributed by atoms with E-state index >= 15 is 0 Å². The van der Waals surface area contributed by atoms with Crippen molar-refractivity contribution in [3.8, 4) is 0 Å². The predicted molar refractivity (Wildman–Crippen MR) is 377 cm³/mol. The van der Waals surface area contributed by atoms with Crippen LogP contribution < -0.4 is 53.2 Å². The van der Waals surface area contributed by atoms with Crippen LogP contribution in [0.2, 0.25) is 5.02 Å². The number of nitrogens with one attached hydrogen (secondary N) is 10. The van der Waals surface area contributed by atoms with Gasteiger partial charge in [0.05, 0.1) is 24.2 Å². The van der Waals surface area contributed by atoms with E-state index in [4.69, 9.17) is 21.3 Å². The van der Waals surface area contributed by atoms with Gasteiger partial charge in [-0.1, -0.05) is 23.4 Å². The number of aryl methyl sites for hydroxylation is 6. The Morgan fingerprint density at radius 3 is 1.41 bits per heavy atom. The molecule has 7 aromatic rings. The minimum absolute atomic E-state index is 0.00604. The van der Waals surface area contributed by atoms with Crippen molar-refractivity contribution in [2.45, 2.75) is 69.5 Å². The molecule has 5 fully saturated rings. The summed E-state index contributed by atoms with van der Waals surface area (Å²) < 4.78 is 14.1. The molecule has 6 aromatic heterocycles. The van der Waals surface area contributed by atoms with Crippen molar-refractivity contribution >= 4 is 128 Å². The number of imidazole rings is 6. The van der Waals surface area contributed by atoms with Crippen LogP contribution in [0.5, 0.6) is 0 Å². The van der Waals surface area contributed by atoms with Crippen molar-refractivity contribution in [1.29, 1.82) is 0 Å². The summed E-state index contributed by atoms with van der Waals surface area (Å²) in [6, 6.07) is 7.09. The highest BCUT2D eigenvalue weighted by molar-refractivity contribution is 8.15. The number of fused-ring (bicyclic) bond motifs is 1. The monoisotopic (exact) mass is 1470 g/mol. The molecule has 7 heterocycles. The number of carbonyl (C=O) groups is 11. The zero-order valence-corrected chi connectivity index (χ0v) is 59.4. The molecule has 1 saturated heterocycles. The fourth-order valence-corrected chi connectivity index (χ4v) is 16.2. The molecule has 3 unspecified atom stereocenters. The Hall–Kier alpha value is -11.1. The second-order valence-electron chi connectivity index (χ2n) is 26.5. The Labute approximate surface area is 603 Å². The normalized spacial score (nSPS) is 20.0. The van der Waals surface area contributed by atoms with Gasteiger partial charge in [-0.3, -0.25) is 57.6 Å². The first-order valence-corrected chi connectivity index (χ1v) is 35.0. The van der Waals surface area contributed by atoms with Crippen molar-refractivity contribution in [3.05, 3.63) is 108 Å². The Kier molecular flexibility index (Phi) is 21.6. The highest BCUT2D eigenvalue weighted by atomic mass is 35.5. The summed E-state index contributed by atoms with van der Waals surface area (Å²) in [5.41, 5.74) is 1.48. The average molecular weight is 1470 g/mol. The quantitative estimate of drug-likeness (QED) is 0.0279. The zero-order valence-electron chi connectivity index (χ0n) is 57.8. The molecule has 38 heteroatoms. The van der Waals surface area contributed by atoms with E-state index in [0.29, 0.717) is 33.3 Å². The number of rotatable bonds is 31. The average Bonchev–Trinajstić information content (AvgIpc) is 1.44. The van der Waals surface area contributed by atoms with Crippen LogP contribution in [-0.4, -0.2) is 190 Å². The molecule has 548 valence electrons. The summed E-state index contributed by atoms with van der Waals surface area (Å²) in [6.07, 6.45) is 17.3. The molecule has 36 nitrogen and oxygen atoms in total. The van der Waals surface area contributed by atoms with E-state index in [0.717, 1.165) is 24.2 Å². The minimum Gasteiger partial charge on any atom is -0.378 e. The summed E-state index contributed by atoms with van der Waals surface area (Å²) in [5.74, 6) is -3.15. The largest absolute Gasteiger partial charge is 0.378 e.